The zero-order chi connectivity index (χ0) is 15.5. The summed E-state index contributed by atoms with van der Waals surface area (Å²) in [4.78, 5) is 0.752. The fourth-order valence-electron chi connectivity index (χ4n) is 1.66. The highest BCUT2D eigenvalue weighted by Crippen LogP contribution is 2.22. The smallest absolute Gasteiger partial charge is 0.261 e. The normalized spacial score (nSPS) is 10.9. The molecule has 0 aliphatic rings. The zero-order valence-electron chi connectivity index (χ0n) is 11.0. The van der Waals surface area contributed by atoms with Crippen molar-refractivity contribution in [2.24, 2.45) is 0 Å². The van der Waals surface area contributed by atoms with Gasteiger partial charge in [-0.2, -0.15) is 5.26 Å². The number of benzene rings is 2. The first-order valence-corrected chi connectivity index (χ1v) is 8.53. The minimum atomic E-state index is -3.86. The predicted octanol–water partition coefficient (Wildman–Crippen LogP) is 3.22. The van der Waals surface area contributed by atoms with E-state index in [2.05, 4.69) is 4.72 Å². The zero-order valence-corrected chi connectivity index (χ0v) is 12.6. The topological polar surface area (TPSA) is 70.0 Å². The van der Waals surface area contributed by atoms with Crippen molar-refractivity contribution in [2.75, 3.05) is 11.0 Å². The van der Waals surface area contributed by atoms with Crippen molar-refractivity contribution in [3.05, 3.63) is 53.8 Å². The van der Waals surface area contributed by atoms with Gasteiger partial charge in [-0.25, -0.2) is 12.8 Å². The Morgan fingerprint density at radius 1 is 1.24 bits per heavy atom. The average Bonchev–Trinajstić information content (AvgIpc) is 2.47. The molecule has 2 aromatic rings. The van der Waals surface area contributed by atoms with Crippen LogP contribution < -0.4 is 4.72 Å². The summed E-state index contributed by atoms with van der Waals surface area (Å²) in [6.45, 7) is 0. The predicted molar refractivity (Wildman–Crippen MR) is 80.1 cm³/mol. The summed E-state index contributed by atoms with van der Waals surface area (Å²) >= 11 is 1.49. The van der Waals surface area contributed by atoms with Gasteiger partial charge in [0.25, 0.3) is 10.0 Å². The Labute approximate surface area is 126 Å². The summed E-state index contributed by atoms with van der Waals surface area (Å²) in [5, 5.41) is 8.76. The molecule has 0 aromatic heterocycles. The van der Waals surface area contributed by atoms with E-state index in [4.69, 9.17) is 5.26 Å². The van der Waals surface area contributed by atoms with Gasteiger partial charge in [-0.15, -0.1) is 11.8 Å². The van der Waals surface area contributed by atoms with Gasteiger partial charge in [0, 0.05) is 10.6 Å². The Balaban J connectivity index is 2.36. The van der Waals surface area contributed by atoms with Crippen LogP contribution >= 0.6 is 11.8 Å². The van der Waals surface area contributed by atoms with Gasteiger partial charge in [0.15, 0.2) is 0 Å². The van der Waals surface area contributed by atoms with Gasteiger partial charge in [0.05, 0.1) is 10.5 Å². The molecule has 0 radical (unpaired) electrons. The highest BCUT2D eigenvalue weighted by Gasteiger charge is 2.16. The fourth-order valence-corrected chi connectivity index (χ4v) is 3.19. The van der Waals surface area contributed by atoms with Gasteiger partial charge >= 0.3 is 0 Å². The molecule has 0 bridgehead atoms. The van der Waals surface area contributed by atoms with Gasteiger partial charge in [0.2, 0.25) is 0 Å². The van der Waals surface area contributed by atoms with E-state index in [1.807, 2.05) is 12.3 Å². The molecule has 4 nitrogen and oxygen atoms in total. The first-order chi connectivity index (χ1) is 9.96. The average molecular weight is 322 g/mol. The van der Waals surface area contributed by atoms with Crippen LogP contribution in [0, 0.1) is 17.1 Å². The highest BCUT2D eigenvalue weighted by atomic mass is 32.2. The maximum absolute atomic E-state index is 13.2. The Hall–Kier alpha value is -2.04. The summed E-state index contributed by atoms with van der Waals surface area (Å²) in [5.41, 5.74) is 0.0976. The second kappa shape index (κ2) is 6.16. The van der Waals surface area contributed by atoms with Crippen molar-refractivity contribution >= 4 is 27.5 Å². The fraction of sp³-hybridized carbons (Fsp3) is 0.0714. The number of hydrogen-bond acceptors (Lipinski definition) is 4. The molecule has 108 valence electrons. The van der Waals surface area contributed by atoms with Crippen LogP contribution in [0.15, 0.2) is 52.3 Å². The third-order valence-corrected chi connectivity index (χ3v) is 4.79. The number of halogens is 1. The number of thioether (sulfide) groups is 1. The summed E-state index contributed by atoms with van der Waals surface area (Å²) in [7, 11) is -3.86. The molecule has 0 heterocycles. The molecular formula is C14H11FN2O2S2. The summed E-state index contributed by atoms with van der Waals surface area (Å²) in [6.07, 6.45) is 1.88. The molecular weight excluding hydrogens is 311 g/mol. The third-order valence-electron chi connectivity index (χ3n) is 2.69. The maximum atomic E-state index is 13.2. The Morgan fingerprint density at radius 2 is 2.00 bits per heavy atom. The van der Waals surface area contributed by atoms with E-state index in [1.165, 1.54) is 11.8 Å². The standard InChI is InChI=1S/C14H11FN2O2S2/c1-20-12-4-2-3-11(8-12)17-21(18,19)13-5-6-14(15)10(7-13)9-16/h2-8,17H,1H3. The van der Waals surface area contributed by atoms with Gasteiger partial charge in [0.1, 0.15) is 11.9 Å². The van der Waals surface area contributed by atoms with Gasteiger partial charge < -0.3 is 0 Å². The van der Waals surface area contributed by atoms with Crippen LogP contribution in [-0.4, -0.2) is 14.7 Å². The van der Waals surface area contributed by atoms with Crippen LogP contribution in [-0.2, 0) is 10.0 Å². The van der Waals surface area contributed by atoms with Crippen LogP contribution in [0.1, 0.15) is 5.56 Å². The monoisotopic (exact) mass is 322 g/mol. The molecule has 0 saturated carbocycles. The van der Waals surface area contributed by atoms with Crippen molar-refractivity contribution < 1.29 is 12.8 Å². The molecule has 2 rings (SSSR count). The van der Waals surface area contributed by atoms with Crippen molar-refractivity contribution in [3.63, 3.8) is 0 Å². The van der Waals surface area contributed by atoms with E-state index < -0.39 is 15.8 Å². The number of anilines is 1. The molecule has 0 aliphatic heterocycles. The first kappa shape index (κ1) is 15.4. The second-order valence-electron chi connectivity index (χ2n) is 4.09. The molecule has 21 heavy (non-hydrogen) atoms. The van der Waals surface area contributed by atoms with E-state index in [0.717, 1.165) is 23.1 Å². The summed E-state index contributed by atoms with van der Waals surface area (Å²) in [5.74, 6) is -0.749. The Kier molecular flexibility index (Phi) is 4.50. The second-order valence-corrected chi connectivity index (χ2v) is 6.65. The number of nitrogens with one attached hydrogen (secondary N) is 1. The van der Waals surface area contributed by atoms with E-state index in [0.29, 0.717) is 5.69 Å². The van der Waals surface area contributed by atoms with Crippen molar-refractivity contribution in [3.8, 4) is 6.07 Å². The molecule has 0 unspecified atom stereocenters. The van der Waals surface area contributed by atoms with Crippen LogP contribution in [0.5, 0.6) is 0 Å². The first-order valence-electron chi connectivity index (χ1n) is 5.83. The molecule has 0 atom stereocenters. The molecule has 1 N–H and O–H groups in total. The number of sulfonamides is 1. The summed E-state index contributed by atoms with van der Waals surface area (Å²) < 4.78 is 40.1. The SMILES string of the molecule is CSc1cccc(NS(=O)(=O)c2ccc(F)c(C#N)c2)c1. The molecule has 0 aliphatic carbocycles. The largest absolute Gasteiger partial charge is 0.280 e. The molecule has 0 saturated heterocycles. The quantitative estimate of drug-likeness (QED) is 0.878. The molecule has 0 spiro atoms. The lowest BCUT2D eigenvalue weighted by molar-refractivity contribution is 0.599. The van der Waals surface area contributed by atoms with E-state index in [-0.39, 0.29) is 10.5 Å². The lowest BCUT2D eigenvalue weighted by Crippen LogP contribution is -2.13. The Morgan fingerprint density at radius 3 is 2.67 bits per heavy atom. The van der Waals surface area contributed by atoms with Crippen LogP contribution in [0.4, 0.5) is 10.1 Å². The minimum absolute atomic E-state index is 0.157. The number of rotatable bonds is 4. The summed E-state index contributed by atoms with van der Waals surface area (Å²) in [6, 6.07) is 11.6. The highest BCUT2D eigenvalue weighted by molar-refractivity contribution is 7.98. The molecule has 2 aromatic carbocycles. The van der Waals surface area contributed by atoms with Crippen molar-refractivity contribution in [1.29, 1.82) is 5.26 Å². The third kappa shape index (κ3) is 3.54. The number of nitriles is 1. The minimum Gasteiger partial charge on any atom is -0.280 e. The number of nitrogens with zero attached hydrogens (tertiary/aromatic N) is 1. The van der Waals surface area contributed by atoms with Crippen LogP contribution in [0.3, 0.4) is 0 Å². The van der Waals surface area contributed by atoms with Gasteiger partial charge in [-0.05, 0) is 42.7 Å². The van der Waals surface area contributed by atoms with Gasteiger partial charge in [-0.1, -0.05) is 6.07 Å². The number of hydrogen-bond donors (Lipinski definition) is 1. The van der Waals surface area contributed by atoms with Crippen LogP contribution in [0.2, 0.25) is 0 Å². The lowest BCUT2D eigenvalue weighted by Gasteiger charge is -2.09. The van der Waals surface area contributed by atoms with Crippen molar-refractivity contribution in [2.45, 2.75) is 9.79 Å². The molecule has 7 heteroatoms. The van der Waals surface area contributed by atoms with E-state index in [9.17, 15) is 12.8 Å². The van der Waals surface area contributed by atoms with Crippen molar-refractivity contribution in [1.82, 2.24) is 0 Å². The maximum Gasteiger partial charge on any atom is 0.261 e. The van der Waals surface area contributed by atoms with Crippen LogP contribution in [0.25, 0.3) is 0 Å². The molecule has 0 fully saturated rings. The Bertz CT molecular complexity index is 814. The van der Waals surface area contributed by atoms with E-state index >= 15 is 0 Å². The van der Waals surface area contributed by atoms with E-state index in [1.54, 1.807) is 24.3 Å². The van der Waals surface area contributed by atoms with Gasteiger partial charge in [-0.3, -0.25) is 4.72 Å². The molecule has 0 amide bonds. The lowest BCUT2D eigenvalue weighted by atomic mass is 10.2.